The van der Waals surface area contributed by atoms with Crippen LogP contribution in [0.1, 0.15) is 11.3 Å². The van der Waals surface area contributed by atoms with Crippen molar-refractivity contribution in [2.75, 3.05) is 0 Å². The molecule has 0 aliphatic carbocycles. The van der Waals surface area contributed by atoms with Gasteiger partial charge in [0.1, 0.15) is 12.2 Å². The largest absolute Gasteiger partial charge is 0.481 e. The van der Waals surface area contributed by atoms with Gasteiger partial charge >= 0.3 is 5.97 Å². The van der Waals surface area contributed by atoms with Gasteiger partial charge in [-0.25, -0.2) is 5.10 Å². The fraction of sp³-hybridized carbons (Fsp3) is 0.250. The Morgan fingerprint density at radius 1 is 1.77 bits per heavy atom. The van der Waals surface area contributed by atoms with Gasteiger partial charge in [-0.05, 0) is 6.92 Å². The number of nitrogens with one attached hydrogen (secondary N) is 1. The van der Waals surface area contributed by atoms with Crippen LogP contribution in [0.3, 0.4) is 0 Å². The molecular formula is C8H8N2O3. The number of fused-ring (bicyclic) bond motifs is 1. The van der Waals surface area contributed by atoms with Crippen LogP contribution < -0.4 is 0 Å². The highest BCUT2D eigenvalue weighted by molar-refractivity contribution is 5.80. The first-order valence-corrected chi connectivity index (χ1v) is 3.81. The van der Waals surface area contributed by atoms with Crippen molar-refractivity contribution in [2.45, 2.75) is 13.3 Å². The van der Waals surface area contributed by atoms with Crippen molar-refractivity contribution in [3.05, 3.63) is 17.5 Å². The van der Waals surface area contributed by atoms with Crippen LogP contribution in [-0.2, 0) is 11.2 Å². The molecule has 0 saturated carbocycles. The van der Waals surface area contributed by atoms with Crippen molar-refractivity contribution in [3.8, 4) is 0 Å². The lowest BCUT2D eigenvalue weighted by Crippen LogP contribution is -1.99. The number of furan rings is 1. The molecule has 0 spiro atoms. The Bertz CT molecular complexity index is 455. The number of carboxylic acid groups (broad SMARTS) is 1. The third kappa shape index (κ3) is 1.18. The van der Waals surface area contributed by atoms with E-state index in [1.807, 2.05) is 6.92 Å². The van der Waals surface area contributed by atoms with Gasteiger partial charge in [-0.1, -0.05) is 0 Å². The SMILES string of the molecule is Cc1c(CC(=O)O)oc2[nH]ncc12. The van der Waals surface area contributed by atoms with Crippen LogP contribution in [0.5, 0.6) is 0 Å². The molecule has 5 heteroatoms. The highest BCUT2D eigenvalue weighted by Gasteiger charge is 2.13. The molecule has 0 fully saturated rings. The second-order valence-electron chi connectivity index (χ2n) is 2.83. The molecule has 0 amide bonds. The van der Waals surface area contributed by atoms with Gasteiger partial charge in [0.15, 0.2) is 0 Å². The number of nitrogens with zero attached hydrogens (tertiary/aromatic N) is 1. The van der Waals surface area contributed by atoms with Gasteiger partial charge in [0.2, 0.25) is 5.71 Å². The average molecular weight is 180 g/mol. The first-order valence-electron chi connectivity index (χ1n) is 3.81. The zero-order valence-corrected chi connectivity index (χ0v) is 7.00. The monoisotopic (exact) mass is 180 g/mol. The first-order chi connectivity index (χ1) is 6.18. The molecule has 0 aromatic carbocycles. The Balaban J connectivity index is 2.51. The average Bonchev–Trinajstić information content (AvgIpc) is 2.56. The van der Waals surface area contributed by atoms with Crippen LogP contribution in [0.2, 0.25) is 0 Å². The highest BCUT2D eigenvalue weighted by atomic mass is 16.4. The van der Waals surface area contributed by atoms with Crippen LogP contribution in [0.4, 0.5) is 0 Å². The molecule has 0 aliphatic heterocycles. The minimum atomic E-state index is -0.896. The molecule has 2 heterocycles. The number of H-pyrrole nitrogens is 1. The van der Waals surface area contributed by atoms with Crippen molar-refractivity contribution in [1.29, 1.82) is 0 Å². The van der Waals surface area contributed by atoms with Gasteiger partial charge in [0.25, 0.3) is 0 Å². The van der Waals surface area contributed by atoms with Gasteiger partial charge in [-0.2, -0.15) is 5.10 Å². The summed E-state index contributed by atoms with van der Waals surface area (Å²) in [4.78, 5) is 10.4. The van der Waals surface area contributed by atoms with Gasteiger partial charge in [0, 0.05) is 5.56 Å². The number of carbonyl (C=O) groups is 1. The number of aromatic nitrogens is 2. The van der Waals surface area contributed by atoms with E-state index in [2.05, 4.69) is 10.2 Å². The molecular weight excluding hydrogens is 172 g/mol. The van der Waals surface area contributed by atoms with Gasteiger partial charge < -0.3 is 9.52 Å². The number of hydrogen-bond donors (Lipinski definition) is 2. The molecule has 0 aliphatic rings. The first kappa shape index (κ1) is 7.85. The van der Waals surface area contributed by atoms with E-state index in [1.54, 1.807) is 6.20 Å². The van der Waals surface area contributed by atoms with Crippen molar-refractivity contribution in [3.63, 3.8) is 0 Å². The van der Waals surface area contributed by atoms with Crippen LogP contribution in [0.15, 0.2) is 10.6 Å². The lowest BCUT2D eigenvalue weighted by molar-refractivity contribution is -0.136. The Morgan fingerprint density at radius 2 is 2.54 bits per heavy atom. The van der Waals surface area contributed by atoms with Crippen LogP contribution >= 0.6 is 0 Å². The molecule has 68 valence electrons. The fourth-order valence-corrected chi connectivity index (χ4v) is 1.28. The summed E-state index contributed by atoms with van der Waals surface area (Å²) in [6.07, 6.45) is 1.54. The predicted molar refractivity (Wildman–Crippen MR) is 44.4 cm³/mol. The number of aryl methyl sites for hydroxylation is 1. The summed E-state index contributed by atoms with van der Waals surface area (Å²) in [6, 6.07) is 0. The summed E-state index contributed by atoms with van der Waals surface area (Å²) < 4.78 is 5.25. The third-order valence-corrected chi connectivity index (χ3v) is 1.96. The molecule has 2 N–H and O–H groups in total. The minimum Gasteiger partial charge on any atom is -0.481 e. The molecule has 2 aromatic heterocycles. The second-order valence-corrected chi connectivity index (χ2v) is 2.83. The van der Waals surface area contributed by atoms with E-state index in [9.17, 15) is 4.79 Å². The summed E-state index contributed by atoms with van der Waals surface area (Å²) in [5, 5.41) is 15.8. The normalized spacial score (nSPS) is 10.8. The zero-order chi connectivity index (χ0) is 9.42. The summed E-state index contributed by atoms with van der Waals surface area (Å²) in [7, 11) is 0. The quantitative estimate of drug-likeness (QED) is 0.725. The standard InChI is InChI=1S/C8H8N2O3/c1-4-5-3-9-10-8(5)13-6(4)2-7(11)12/h3H,2H2,1H3,(H,9,10)(H,11,12). The number of rotatable bonds is 2. The Kier molecular flexibility index (Phi) is 1.58. The summed E-state index contributed by atoms with van der Waals surface area (Å²) in [5.74, 6) is -0.413. The van der Waals surface area contributed by atoms with Crippen molar-refractivity contribution in [1.82, 2.24) is 10.2 Å². The lowest BCUT2D eigenvalue weighted by atomic mass is 10.2. The van der Waals surface area contributed by atoms with Crippen LogP contribution in [0.25, 0.3) is 11.1 Å². The maximum Gasteiger partial charge on any atom is 0.311 e. The summed E-state index contributed by atoms with van der Waals surface area (Å²) >= 11 is 0. The molecule has 2 rings (SSSR count). The Morgan fingerprint density at radius 3 is 3.15 bits per heavy atom. The van der Waals surface area contributed by atoms with Gasteiger partial charge in [-0.3, -0.25) is 4.79 Å². The molecule has 5 nitrogen and oxygen atoms in total. The maximum atomic E-state index is 10.4. The number of aliphatic carboxylic acids is 1. The topological polar surface area (TPSA) is 79.1 Å². The van der Waals surface area contributed by atoms with Crippen molar-refractivity contribution >= 4 is 17.1 Å². The molecule has 0 saturated heterocycles. The van der Waals surface area contributed by atoms with E-state index in [4.69, 9.17) is 9.52 Å². The van der Waals surface area contributed by atoms with E-state index >= 15 is 0 Å². The van der Waals surface area contributed by atoms with Crippen LogP contribution in [-0.4, -0.2) is 21.3 Å². The van der Waals surface area contributed by atoms with Gasteiger partial charge in [-0.15, -0.1) is 0 Å². The smallest absolute Gasteiger partial charge is 0.311 e. The van der Waals surface area contributed by atoms with Crippen molar-refractivity contribution in [2.24, 2.45) is 0 Å². The molecule has 0 bridgehead atoms. The maximum absolute atomic E-state index is 10.4. The Labute approximate surface area is 73.4 Å². The molecule has 0 unspecified atom stereocenters. The second kappa shape index (κ2) is 2.62. The molecule has 0 radical (unpaired) electrons. The summed E-state index contributed by atoms with van der Waals surface area (Å²) in [6.45, 7) is 1.82. The Hall–Kier alpha value is -1.78. The van der Waals surface area contributed by atoms with E-state index in [0.29, 0.717) is 11.5 Å². The van der Waals surface area contributed by atoms with Crippen molar-refractivity contribution < 1.29 is 14.3 Å². The molecule has 2 aromatic rings. The highest BCUT2D eigenvalue weighted by Crippen LogP contribution is 2.23. The van der Waals surface area contributed by atoms with E-state index < -0.39 is 5.97 Å². The van der Waals surface area contributed by atoms with Crippen LogP contribution in [0, 0.1) is 6.92 Å². The number of carboxylic acids is 1. The number of aromatic amines is 1. The van der Waals surface area contributed by atoms with Gasteiger partial charge in [0.05, 0.1) is 11.6 Å². The minimum absolute atomic E-state index is 0.0889. The predicted octanol–water partition coefficient (Wildman–Crippen LogP) is 1.09. The van der Waals surface area contributed by atoms with E-state index in [-0.39, 0.29) is 6.42 Å². The van der Waals surface area contributed by atoms with E-state index in [0.717, 1.165) is 10.9 Å². The lowest BCUT2D eigenvalue weighted by Gasteiger charge is -1.91. The van der Waals surface area contributed by atoms with E-state index in [1.165, 1.54) is 0 Å². The molecule has 0 atom stereocenters. The summed E-state index contributed by atoms with van der Waals surface area (Å²) in [5.41, 5.74) is 1.37. The molecule has 13 heavy (non-hydrogen) atoms. The zero-order valence-electron chi connectivity index (χ0n) is 7.00. The number of hydrogen-bond acceptors (Lipinski definition) is 3. The fourth-order valence-electron chi connectivity index (χ4n) is 1.28. The third-order valence-electron chi connectivity index (χ3n) is 1.96.